The average Bonchev–Trinajstić information content (AvgIpc) is 2.91. The third-order valence-electron chi connectivity index (χ3n) is 6.33. The van der Waals surface area contributed by atoms with E-state index in [0.717, 1.165) is 19.3 Å². The Kier molecular flexibility index (Phi) is 6.38. The van der Waals surface area contributed by atoms with Gasteiger partial charge in [-0.25, -0.2) is 4.79 Å². The van der Waals surface area contributed by atoms with Crippen molar-refractivity contribution in [1.82, 2.24) is 0 Å². The number of fused-ring (bicyclic) bond motifs is 1. The highest BCUT2D eigenvalue weighted by Gasteiger charge is 2.47. The van der Waals surface area contributed by atoms with Crippen LogP contribution in [-0.2, 0) is 24.5 Å². The normalized spacial score (nSPS) is 27.9. The summed E-state index contributed by atoms with van der Waals surface area (Å²) in [4.78, 5) is 36.6. The first-order valence-corrected chi connectivity index (χ1v) is 10.5. The minimum atomic E-state index is -1.20. The first-order valence-electron chi connectivity index (χ1n) is 10.5. The molecule has 2 aliphatic rings. The molecule has 7 nitrogen and oxygen atoms in total. The average molecular weight is 418 g/mol. The van der Waals surface area contributed by atoms with Crippen molar-refractivity contribution in [1.29, 1.82) is 0 Å². The monoisotopic (exact) mass is 418 g/mol. The van der Waals surface area contributed by atoms with Gasteiger partial charge >= 0.3 is 18.1 Å². The molecule has 164 valence electrons. The van der Waals surface area contributed by atoms with Crippen molar-refractivity contribution in [2.24, 2.45) is 17.8 Å². The van der Waals surface area contributed by atoms with Gasteiger partial charge in [-0.3, -0.25) is 9.59 Å². The van der Waals surface area contributed by atoms with Crippen molar-refractivity contribution in [3.05, 3.63) is 23.8 Å². The number of ether oxygens (including phenoxy) is 4. The standard InChI is InChI=1S/C23H30O7/c1-13(2)16-8-6-14(3)10-19(16)30-22(26)28-15-7-9-18-17(11-15)23(4,21(25)29-18)12-20(24)27-5/h7,9,11,13-14,16,19H,6,8,10,12H2,1-5H3/t14-,16+,19-,23-/m1/s1. The third kappa shape index (κ3) is 4.45. The lowest BCUT2D eigenvalue weighted by Gasteiger charge is -2.36. The molecule has 4 atom stereocenters. The third-order valence-corrected chi connectivity index (χ3v) is 6.33. The first kappa shape index (κ1) is 22.1. The van der Waals surface area contributed by atoms with Gasteiger partial charge in [-0.15, -0.1) is 0 Å². The van der Waals surface area contributed by atoms with Crippen LogP contribution in [0.25, 0.3) is 0 Å². The Balaban J connectivity index is 1.74. The number of hydrogen-bond acceptors (Lipinski definition) is 7. The summed E-state index contributed by atoms with van der Waals surface area (Å²) >= 11 is 0. The van der Waals surface area contributed by atoms with E-state index in [1.54, 1.807) is 25.1 Å². The largest absolute Gasteiger partial charge is 0.514 e. The Bertz CT molecular complexity index is 831. The van der Waals surface area contributed by atoms with Gasteiger partial charge in [0.2, 0.25) is 0 Å². The zero-order chi connectivity index (χ0) is 22.1. The molecule has 0 saturated heterocycles. The predicted octanol–water partition coefficient (Wildman–Crippen LogP) is 4.40. The van der Waals surface area contributed by atoms with Gasteiger partial charge in [-0.1, -0.05) is 27.2 Å². The predicted molar refractivity (Wildman–Crippen MR) is 108 cm³/mol. The molecule has 7 heteroatoms. The maximum absolute atomic E-state index is 12.5. The van der Waals surface area contributed by atoms with E-state index in [-0.39, 0.29) is 18.3 Å². The lowest BCUT2D eigenvalue weighted by Crippen LogP contribution is -2.36. The van der Waals surface area contributed by atoms with Crippen LogP contribution in [0.3, 0.4) is 0 Å². The zero-order valence-electron chi connectivity index (χ0n) is 18.2. The van der Waals surface area contributed by atoms with Crippen LogP contribution in [-0.4, -0.2) is 31.3 Å². The molecule has 1 fully saturated rings. The molecular formula is C23H30O7. The summed E-state index contributed by atoms with van der Waals surface area (Å²) in [7, 11) is 1.26. The molecule has 1 aliphatic heterocycles. The van der Waals surface area contributed by atoms with E-state index in [2.05, 4.69) is 20.8 Å². The Morgan fingerprint density at radius 3 is 2.67 bits per heavy atom. The molecule has 0 N–H and O–H groups in total. The second-order valence-electron chi connectivity index (χ2n) is 8.97. The molecule has 1 aromatic rings. The van der Waals surface area contributed by atoms with Crippen LogP contribution >= 0.6 is 0 Å². The second-order valence-corrected chi connectivity index (χ2v) is 8.97. The molecule has 1 aliphatic carbocycles. The lowest BCUT2D eigenvalue weighted by atomic mass is 9.75. The van der Waals surface area contributed by atoms with E-state index in [1.165, 1.54) is 7.11 Å². The molecule has 0 spiro atoms. The molecule has 3 rings (SSSR count). The van der Waals surface area contributed by atoms with Gasteiger partial charge in [-0.05, 0) is 55.7 Å². The summed E-state index contributed by atoms with van der Waals surface area (Å²) < 4.78 is 21.1. The molecule has 0 unspecified atom stereocenters. The van der Waals surface area contributed by atoms with Crippen molar-refractivity contribution < 1.29 is 33.3 Å². The van der Waals surface area contributed by atoms with E-state index in [1.807, 2.05) is 0 Å². The Labute approximate surface area is 177 Å². The van der Waals surface area contributed by atoms with Crippen molar-refractivity contribution in [2.75, 3.05) is 7.11 Å². The number of carbonyl (C=O) groups excluding carboxylic acids is 3. The molecule has 0 bridgehead atoms. The molecule has 30 heavy (non-hydrogen) atoms. The SMILES string of the molecule is COC(=O)C[C@@]1(C)C(=O)Oc2ccc(OC(=O)O[C@@H]3C[C@H](C)CC[C@H]3C(C)C)cc21. The highest BCUT2D eigenvalue weighted by Crippen LogP contribution is 2.44. The van der Waals surface area contributed by atoms with Gasteiger partial charge in [0.05, 0.1) is 13.5 Å². The lowest BCUT2D eigenvalue weighted by molar-refractivity contribution is -0.148. The fourth-order valence-electron chi connectivity index (χ4n) is 4.44. The molecular weight excluding hydrogens is 388 g/mol. The molecule has 1 heterocycles. The number of carbonyl (C=O) groups is 3. The van der Waals surface area contributed by atoms with Gasteiger partial charge in [0.25, 0.3) is 0 Å². The fraction of sp³-hybridized carbons (Fsp3) is 0.609. The van der Waals surface area contributed by atoms with Crippen LogP contribution in [0.2, 0.25) is 0 Å². The minimum absolute atomic E-state index is 0.167. The quantitative estimate of drug-likeness (QED) is 0.398. The van der Waals surface area contributed by atoms with Crippen molar-refractivity contribution in [3.8, 4) is 11.5 Å². The summed E-state index contributed by atoms with van der Waals surface area (Å²) in [5.74, 6) is 0.726. The molecule has 0 radical (unpaired) electrons. The van der Waals surface area contributed by atoms with Crippen molar-refractivity contribution >= 4 is 18.1 Å². The molecule has 0 aromatic heterocycles. The highest BCUT2D eigenvalue weighted by molar-refractivity contribution is 5.94. The van der Waals surface area contributed by atoms with Gasteiger partial charge in [0.1, 0.15) is 23.0 Å². The van der Waals surface area contributed by atoms with Crippen LogP contribution in [0.15, 0.2) is 18.2 Å². The van der Waals surface area contributed by atoms with E-state index >= 15 is 0 Å². The van der Waals surface area contributed by atoms with Gasteiger partial charge in [-0.2, -0.15) is 0 Å². The van der Waals surface area contributed by atoms with Gasteiger partial charge in [0, 0.05) is 5.56 Å². The van der Waals surface area contributed by atoms with Crippen LogP contribution in [0, 0.1) is 17.8 Å². The van der Waals surface area contributed by atoms with Crippen molar-refractivity contribution in [2.45, 2.75) is 64.9 Å². The fourth-order valence-corrected chi connectivity index (χ4v) is 4.44. The molecule has 1 aromatic carbocycles. The van der Waals surface area contributed by atoms with E-state index < -0.39 is 23.5 Å². The number of rotatable bonds is 5. The molecule has 0 amide bonds. The maximum Gasteiger partial charge on any atom is 0.514 e. The van der Waals surface area contributed by atoms with Gasteiger partial charge in [0.15, 0.2) is 0 Å². The summed E-state index contributed by atoms with van der Waals surface area (Å²) in [6.45, 7) is 8.05. The summed E-state index contributed by atoms with van der Waals surface area (Å²) in [6, 6.07) is 4.65. The summed E-state index contributed by atoms with van der Waals surface area (Å²) in [5.41, 5.74) is -0.720. The maximum atomic E-state index is 12.5. The van der Waals surface area contributed by atoms with Crippen LogP contribution in [0.4, 0.5) is 4.79 Å². The Morgan fingerprint density at radius 2 is 2.00 bits per heavy atom. The van der Waals surface area contributed by atoms with Crippen LogP contribution in [0.5, 0.6) is 11.5 Å². The number of methoxy groups -OCH3 is 1. The Hall–Kier alpha value is -2.57. The Morgan fingerprint density at radius 1 is 1.27 bits per heavy atom. The number of esters is 2. The molecule has 1 saturated carbocycles. The summed E-state index contributed by atoms with van der Waals surface area (Å²) in [6.07, 6.45) is 1.88. The van der Waals surface area contributed by atoms with Crippen LogP contribution in [0.1, 0.15) is 58.9 Å². The minimum Gasteiger partial charge on any atom is -0.469 e. The van der Waals surface area contributed by atoms with Gasteiger partial charge < -0.3 is 18.9 Å². The van der Waals surface area contributed by atoms with E-state index in [9.17, 15) is 14.4 Å². The van der Waals surface area contributed by atoms with E-state index in [4.69, 9.17) is 18.9 Å². The first-order chi connectivity index (χ1) is 14.1. The van der Waals surface area contributed by atoms with E-state index in [0.29, 0.717) is 29.1 Å². The topological polar surface area (TPSA) is 88.1 Å². The number of hydrogen-bond donors (Lipinski definition) is 0. The smallest absolute Gasteiger partial charge is 0.469 e. The number of benzene rings is 1. The van der Waals surface area contributed by atoms with Crippen molar-refractivity contribution in [3.63, 3.8) is 0 Å². The van der Waals surface area contributed by atoms with Crippen LogP contribution < -0.4 is 9.47 Å². The summed E-state index contributed by atoms with van der Waals surface area (Å²) in [5, 5.41) is 0. The highest BCUT2D eigenvalue weighted by atomic mass is 16.7. The zero-order valence-corrected chi connectivity index (χ0v) is 18.2. The second kappa shape index (κ2) is 8.66.